The quantitative estimate of drug-likeness (QED) is 0.0694. The Hall–Kier alpha value is -2.63. The van der Waals surface area contributed by atoms with Crippen LogP contribution in [0.2, 0.25) is 19.6 Å². The summed E-state index contributed by atoms with van der Waals surface area (Å²) in [5.41, 5.74) is 4.17. The molecule has 283 valence electrons. The number of ketones is 1. The molecule has 0 bridgehead atoms. The number of aromatic nitrogens is 1. The number of fused-ring (bicyclic) bond motifs is 4. The Labute approximate surface area is 335 Å². The van der Waals surface area contributed by atoms with Crippen molar-refractivity contribution in [2.24, 2.45) is 35.5 Å². The Balaban J connectivity index is 0.000000338. The van der Waals surface area contributed by atoms with Gasteiger partial charge < -0.3 is 5.11 Å². The second kappa shape index (κ2) is 17.2. The van der Waals surface area contributed by atoms with Gasteiger partial charge in [-0.3, -0.25) is 9.78 Å². The number of rotatable bonds is 9. The third-order valence-electron chi connectivity index (χ3n) is 10.1. The first kappa shape index (κ1) is 40.5. The van der Waals surface area contributed by atoms with Crippen molar-refractivity contribution in [3.05, 3.63) is 83.7 Å². The average Bonchev–Trinajstić information content (AvgIpc) is 3.41. The number of aryl methyl sites for hydroxylation is 1. The second-order valence-corrected chi connectivity index (χ2v) is 23.8. The predicted octanol–water partition coefficient (Wildman–Crippen LogP) is 13.1. The maximum atomic E-state index is 12.3. The number of carbonyl (C=O) groups excluding carboxylic acids is 1. The summed E-state index contributed by atoms with van der Waals surface area (Å²) in [4.78, 5) is 17.0. The van der Waals surface area contributed by atoms with Gasteiger partial charge in [-0.1, -0.05) is 142 Å². The average molecular weight is 915 g/mol. The molecule has 0 aliphatic carbocycles. The smallest absolute Gasteiger partial charge is 0.162 e. The third kappa shape index (κ3) is 9.53. The first-order valence-electron chi connectivity index (χ1n) is 19.7. The molecule has 2 heterocycles. The van der Waals surface area contributed by atoms with E-state index in [0.717, 1.165) is 32.1 Å². The number of benzene rings is 3. The van der Waals surface area contributed by atoms with Gasteiger partial charge in [-0.05, 0) is 53.0 Å². The van der Waals surface area contributed by atoms with Crippen LogP contribution < -0.4 is 5.19 Å². The van der Waals surface area contributed by atoms with Crippen molar-refractivity contribution in [3.63, 3.8) is 0 Å². The van der Waals surface area contributed by atoms with E-state index < -0.39 is 8.07 Å². The van der Waals surface area contributed by atoms with E-state index in [9.17, 15) is 9.90 Å². The van der Waals surface area contributed by atoms with Crippen LogP contribution >= 0.6 is 11.3 Å². The molecule has 3 nitrogen and oxygen atoms in total. The molecule has 1 N–H and O–H groups in total. The molecule has 3 aromatic carbocycles. The van der Waals surface area contributed by atoms with Gasteiger partial charge in [0, 0.05) is 64.7 Å². The van der Waals surface area contributed by atoms with Crippen molar-refractivity contribution < 1.29 is 32.7 Å². The molecule has 5 aromatic rings. The van der Waals surface area contributed by atoms with E-state index in [4.69, 9.17) is 2.74 Å². The normalized spacial score (nSPS) is 13.4. The van der Waals surface area contributed by atoms with E-state index in [1.165, 1.54) is 32.5 Å². The molecular formula is C46H62IrNO2SSi-. The molecule has 5 rings (SSSR count). The van der Waals surface area contributed by atoms with Crippen molar-refractivity contribution in [1.29, 1.82) is 0 Å². The van der Waals surface area contributed by atoms with Crippen LogP contribution in [-0.2, 0) is 30.3 Å². The van der Waals surface area contributed by atoms with E-state index >= 15 is 0 Å². The van der Waals surface area contributed by atoms with Crippen LogP contribution in [-0.4, -0.2) is 23.9 Å². The topological polar surface area (TPSA) is 50.2 Å². The largest absolute Gasteiger partial charge is 0.512 e. The number of carbonyl (C=O) groups is 1. The Bertz CT molecular complexity index is 2140. The van der Waals surface area contributed by atoms with Crippen molar-refractivity contribution >= 4 is 61.3 Å². The van der Waals surface area contributed by atoms with Gasteiger partial charge in [0.1, 0.15) is 0 Å². The molecule has 0 fully saturated rings. The Morgan fingerprint density at radius 2 is 1.44 bits per heavy atom. The SMILES string of the molecule is CC(C)C(C(=O)/C=C(\O)C(C(C)C)C(C)C)C(C)C.[2H]c1nc(-c2[c-]c3ccccc3c(C(C)(C)C)c2)c2sc3c(C)c([Si](C)(C)C)ccc3c2c1[2H].[Ir]. The molecule has 52 heavy (non-hydrogen) atoms. The van der Waals surface area contributed by atoms with Crippen LogP contribution in [0.5, 0.6) is 0 Å². The number of hydrogen-bond acceptors (Lipinski definition) is 4. The molecule has 0 spiro atoms. The maximum Gasteiger partial charge on any atom is 0.162 e. The molecule has 0 aliphatic rings. The summed E-state index contributed by atoms with van der Waals surface area (Å²) in [6.07, 6.45) is 1.50. The van der Waals surface area contributed by atoms with Crippen LogP contribution in [0.4, 0.5) is 0 Å². The molecule has 0 atom stereocenters. The van der Waals surface area contributed by atoms with Crippen LogP contribution in [0, 0.1) is 48.5 Å². The summed E-state index contributed by atoms with van der Waals surface area (Å²) in [6.45, 7) is 32.6. The maximum absolute atomic E-state index is 12.3. The van der Waals surface area contributed by atoms with Gasteiger partial charge >= 0.3 is 0 Å². The third-order valence-corrected chi connectivity index (χ3v) is 13.6. The van der Waals surface area contributed by atoms with Gasteiger partial charge in [-0.25, -0.2) is 0 Å². The molecule has 2 aromatic heterocycles. The van der Waals surface area contributed by atoms with Crippen molar-refractivity contribution in [1.82, 2.24) is 4.98 Å². The number of hydrogen-bond donors (Lipinski definition) is 1. The summed E-state index contributed by atoms with van der Waals surface area (Å²) in [6, 6.07) is 18.8. The molecule has 0 unspecified atom stereocenters. The van der Waals surface area contributed by atoms with Crippen LogP contribution in [0.15, 0.2) is 66.5 Å². The Kier molecular flexibility index (Phi) is 13.4. The zero-order valence-corrected chi connectivity index (χ0v) is 38.3. The minimum atomic E-state index is -1.50. The fourth-order valence-corrected chi connectivity index (χ4v) is 11.2. The summed E-state index contributed by atoms with van der Waals surface area (Å²) >= 11 is 1.72. The molecule has 6 heteroatoms. The zero-order chi connectivity index (χ0) is 39.9. The number of allylic oxidation sites excluding steroid dienone is 2. The van der Waals surface area contributed by atoms with E-state index in [1.807, 2.05) is 6.07 Å². The molecular weight excluding hydrogens is 851 g/mol. The van der Waals surface area contributed by atoms with Gasteiger partial charge in [-0.15, -0.1) is 40.5 Å². The van der Waals surface area contributed by atoms with E-state index in [-0.39, 0.29) is 61.1 Å². The van der Waals surface area contributed by atoms with Crippen molar-refractivity contribution in [2.75, 3.05) is 0 Å². The number of thiophene rings is 1. The molecule has 0 aliphatic heterocycles. The van der Waals surface area contributed by atoms with Crippen molar-refractivity contribution in [3.8, 4) is 11.3 Å². The number of pyridine rings is 1. The van der Waals surface area contributed by atoms with Crippen LogP contribution in [0.3, 0.4) is 0 Å². The standard InChI is InChI=1S/C29H30NSSi.C17H32O2.Ir/c1-18-25(32(5,6)7)13-12-22-23-14-15-30-26(28(23)31-27(18)22)20-16-19-10-8-9-11-21(19)24(17-20)29(2,3)4;1-10(2)16(11(3)4)14(18)9-15(19)17(12(5)6)13(7)8;/h8-15,17H,1-7H3;9-13,16-18H,1-8H3;/q-1;;/b;14-9-;/i14D,15D;;. The van der Waals surface area contributed by atoms with E-state index in [0.29, 0.717) is 23.7 Å². The number of nitrogens with zero attached hydrogens (tertiary/aromatic N) is 1. The zero-order valence-electron chi connectivity index (χ0n) is 36.1. The summed E-state index contributed by atoms with van der Waals surface area (Å²) in [7, 11) is -1.50. The summed E-state index contributed by atoms with van der Waals surface area (Å²) < 4.78 is 19.5. The fourth-order valence-electron chi connectivity index (χ4n) is 7.97. The van der Waals surface area contributed by atoms with Gasteiger partial charge in [-0.2, -0.15) is 0 Å². The van der Waals surface area contributed by atoms with Gasteiger partial charge in [0.25, 0.3) is 0 Å². The number of aliphatic hydroxyl groups excluding tert-OH is 1. The molecule has 0 saturated carbocycles. The van der Waals surface area contributed by atoms with Crippen molar-refractivity contribution in [2.45, 2.75) is 108 Å². The van der Waals surface area contributed by atoms with Gasteiger partial charge in [0.05, 0.1) is 16.6 Å². The number of aliphatic hydroxyl groups is 1. The predicted molar refractivity (Wildman–Crippen MR) is 227 cm³/mol. The summed E-state index contributed by atoms with van der Waals surface area (Å²) in [5.74, 6) is 1.63. The van der Waals surface area contributed by atoms with E-state index in [2.05, 4.69) is 150 Å². The minimum Gasteiger partial charge on any atom is -0.512 e. The Morgan fingerprint density at radius 3 is 1.98 bits per heavy atom. The first-order chi connectivity index (χ1) is 24.5. The monoisotopic (exact) mass is 915 g/mol. The minimum absolute atomic E-state index is 0. The van der Waals surface area contributed by atoms with Crippen LogP contribution in [0.1, 0.15) is 90.0 Å². The Morgan fingerprint density at radius 1 is 0.865 bits per heavy atom. The fraction of sp³-hybridized carbons (Fsp3) is 0.478. The molecule has 0 saturated heterocycles. The van der Waals surface area contributed by atoms with Crippen LogP contribution in [0.25, 0.3) is 42.2 Å². The molecule has 1 radical (unpaired) electrons. The second-order valence-electron chi connectivity index (χ2n) is 17.8. The van der Waals surface area contributed by atoms with Gasteiger partial charge in [0.2, 0.25) is 0 Å². The summed E-state index contributed by atoms with van der Waals surface area (Å²) in [5, 5.41) is 15.9. The first-order valence-corrected chi connectivity index (χ1v) is 23.0. The van der Waals surface area contributed by atoms with E-state index in [1.54, 1.807) is 11.3 Å². The molecule has 0 amide bonds. The van der Waals surface area contributed by atoms with Gasteiger partial charge in [0.15, 0.2) is 5.78 Å².